The molecule has 1 aromatic carbocycles. The van der Waals surface area contributed by atoms with Crippen molar-refractivity contribution >= 4 is 23.2 Å². The summed E-state index contributed by atoms with van der Waals surface area (Å²) in [5.74, 6) is 2.03. The Labute approximate surface area is 128 Å². The quantitative estimate of drug-likeness (QED) is 0.767. The van der Waals surface area contributed by atoms with Gasteiger partial charge in [0.15, 0.2) is 0 Å². The lowest BCUT2D eigenvalue weighted by Crippen LogP contribution is -2.15. The second-order valence-electron chi connectivity index (χ2n) is 4.18. The van der Waals surface area contributed by atoms with Crippen LogP contribution in [0, 0.1) is 0 Å². The lowest BCUT2D eigenvalue weighted by Gasteiger charge is -2.11. The maximum atomic E-state index is 5.72. The van der Waals surface area contributed by atoms with Gasteiger partial charge in [0, 0.05) is 37.0 Å². The van der Waals surface area contributed by atoms with Crippen molar-refractivity contribution in [1.29, 1.82) is 0 Å². The number of benzene rings is 1. The first-order valence-corrected chi connectivity index (χ1v) is 6.77. The van der Waals surface area contributed by atoms with Crippen molar-refractivity contribution in [2.45, 2.75) is 0 Å². The van der Waals surface area contributed by atoms with Crippen LogP contribution < -0.4 is 20.1 Å². The molecule has 21 heavy (non-hydrogen) atoms. The molecule has 0 aliphatic carbocycles. The summed E-state index contributed by atoms with van der Waals surface area (Å²) in [6.07, 6.45) is 3.11. The lowest BCUT2D eigenvalue weighted by molar-refractivity contribution is 0.394. The first kappa shape index (κ1) is 15.2. The lowest BCUT2D eigenvalue weighted by atomic mass is 10.2. The maximum Gasteiger partial charge on any atom is 0.222 e. The molecule has 112 valence electrons. The number of hydrogen-bond acceptors (Lipinski definition) is 6. The van der Waals surface area contributed by atoms with E-state index >= 15 is 0 Å². The number of methoxy groups -OCH3 is 2. The standard InChI is InChI=1S/C14H17ClN4O2/c1-20-12-5-11(6-13(7-12)21-2)16-3-4-17-14-18-8-10(15)9-19-14/h5-9,16H,3-4H2,1-2H3,(H,17,18,19). The van der Waals surface area contributed by atoms with E-state index in [4.69, 9.17) is 21.1 Å². The number of hydrogen-bond donors (Lipinski definition) is 2. The minimum atomic E-state index is 0.516. The highest BCUT2D eigenvalue weighted by Crippen LogP contribution is 2.25. The Morgan fingerprint density at radius 3 is 2.10 bits per heavy atom. The summed E-state index contributed by atoms with van der Waals surface area (Å²) in [5, 5.41) is 6.88. The molecule has 0 amide bonds. The highest BCUT2D eigenvalue weighted by molar-refractivity contribution is 6.30. The molecule has 7 heteroatoms. The zero-order chi connectivity index (χ0) is 15.1. The van der Waals surface area contributed by atoms with Gasteiger partial charge in [-0.05, 0) is 0 Å². The highest BCUT2D eigenvalue weighted by Gasteiger charge is 2.01. The van der Waals surface area contributed by atoms with Gasteiger partial charge in [0.2, 0.25) is 5.95 Å². The number of halogens is 1. The molecule has 0 radical (unpaired) electrons. The summed E-state index contributed by atoms with van der Waals surface area (Å²) in [7, 11) is 3.25. The Hall–Kier alpha value is -2.21. The van der Waals surface area contributed by atoms with Crippen molar-refractivity contribution in [3.63, 3.8) is 0 Å². The predicted molar refractivity (Wildman–Crippen MR) is 83.6 cm³/mol. The van der Waals surface area contributed by atoms with Crippen LogP contribution in [0.15, 0.2) is 30.6 Å². The second kappa shape index (κ2) is 7.54. The van der Waals surface area contributed by atoms with Gasteiger partial charge in [0.1, 0.15) is 11.5 Å². The number of aromatic nitrogens is 2. The van der Waals surface area contributed by atoms with Gasteiger partial charge < -0.3 is 20.1 Å². The molecular weight excluding hydrogens is 292 g/mol. The third-order valence-corrected chi connectivity index (χ3v) is 2.90. The minimum absolute atomic E-state index is 0.516. The Bertz CT molecular complexity index is 555. The van der Waals surface area contributed by atoms with Crippen LogP contribution in [0.1, 0.15) is 0 Å². The maximum absolute atomic E-state index is 5.72. The van der Waals surface area contributed by atoms with Crippen LogP contribution >= 0.6 is 11.6 Å². The number of anilines is 2. The van der Waals surface area contributed by atoms with Crippen LogP contribution in [-0.2, 0) is 0 Å². The van der Waals surface area contributed by atoms with E-state index in [-0.39, 0.29) is 0 Å². The van der Waals surface area contributed by atoms with Crippen molar-refractivity contribution in [2.24, 2.45) is 0 Å². The van der Waals surface area contributed by atoms with Crippen molar-refractivity contribution in [2.75, 3.05) is 37.9 Å². The minimum Gasteiger partial charge on any atom is -0.497 e. The van der Waals surface area contributed by atoms with E-state index in [9.17, 15) is 0 Å². The Kier molecular flexibility index (Phi) is 5.45. The molecule has 6 nitrogen and oxygen atoms in total. The van der Waals surface area contributed by atoms with Crippen LogP contribution in [0.2, 0.25) is 5.02 Å². The number of ether oxygens (including phenoxy) is 2. The van der Waals surface area contributed by atoms with Gasteiger partial charge in [-0.25, -0.2) is 9.97 Å². The van der Waals surface area contributed by atoms with E-state index in [0.717, 1.165) is 17.2 Å². The number of nitrogens with zero attached hydrogens (tertiary/aromatic N) is 2. The molecule has 2 N–H and O–H groups in total. The fraction of sp³-hybridized carbons (Fsp3) is 0.286. The van der Waals surface area contributed by atoms with Gasteiger partial charge >= 0.3 is 0 Å². The molecule has 0 saturated carbocycles. The molecule has 0 atom stereocenters. The van der Waals surface area contributed by atoms with Crippen LogP contribution in [0.4, 0.5) is 11.6 Å². The Morgan fingerprint density at radius 1 is 0.952 bits per heavy atom. The van der Waals surface area contributed by atoms with Crippen molar-refractivity contribution in [1.82, 2.24) is 9.97 Å². The first-order chi connectivity index (χ1) is 10.2. The highest BCUT2D eigenvalue weighted by atomic mass is 35.5. The van der Waals surface area contributed by atoms with Gasteiger partial charge in [-0.15, -0.1) is 0 Å². The average Bonchev–Trinajstić information content (AvgIpc) is 2.53. The van der Waals surface area contributed by atoms with Crippen molar-refractivity contribution in [3.8, 4) is 11.5 Å². The summed E-state index contributed by atoms with van der Waals surface area (Å²) >= 11 is 5.72. The van der Waals surface area contributed by atoms with E-state index in [2.05, 4.69) is 20.6 Å². The number of nitrogens with one attached hydrogen (secondary N) is 2. The van der Waals surface area contributed by atoms with Crippen LogP contribution in [0.3, 0.4) is 0 Å². The SMILES string of the molecule is COc1cc(NCCNc2ncc(Cl)cn2)cc(OC)c1. The van der Waals surface area contributed by atoms with Gasteiger partial charge in [-0.2, -0.15) is 0 Å². The van der Waals surface area contributed by atoms with Crippen LogP contribution in [-0.4, -0.2) is 37.3 Å². The zero-order valence-corrected chi connectivity index (χ0v) is 12.6. The Morgan fingerprint density at radius 2 is 1.52 bits per heavy atom. The molecule has 2 aromatic rings. The fourth-order valence-electron chi connectivity index (χ4n) is 1.69. The monoisotopic (exact) mass is 308 g/mol. The molecule has 0 aliphatic heterocycles. The van der Waals surface area contributed by atoms with Gasteiger partial charge in [0.25, 0.3) is 0 Å². The summed E-state index contributed by atoms with van der Waals surface area (Å²) < 4.78 is 10.4. The van der Waals surface area contributed by atoms with Crippen molar-refractivity contribution in [3.05, 3.63) is 35.6 Å². The van der Waals surface area contributed by atoms with Gasteiger partial charge in [0.05, 0.1) is 31.6 Å². The number of rotatable bonds is 7. The molecule has 0 fully saturated rings. The van der Waals surface area contributed by atoms with E-state index in [1.54, 1.807) is 26.6 Å². The molecule has 0 saturated heterocycles. The van der Waals surface area contributed by atoms with Crippen LogP contribution in [0.25, 0.3) is 0 Å². The normalized spacial score (nSPS) is 10.0. The largest absolute Gasteiger partial charge is 0.497 e. The first-order valence-electron chi connectivity index (χ1n) is 6.39. The third-order valence-electron chi connectivity index (χ3n) is 2.71. The molecule has 0 spiro atoms. The average molecular weight is 309 g/mol. The van der Waals surface area contributed by atoms with Gasteiger partial charge in [-0.3, -0.25) is 0 Å². The van der Waals surface area contributed by atoms with Crippen LogP contribution in [0.5, 0.6) is 11.5 Å². The van der Waals surface area contributed by atoms with Crippen molar-refractivity contribution < 1.29 is 9.47 Å². The molecule has 1 heterocycles. The fourth-order valence-corrected chi connectivity index (χ4v) is 1.79. The summed E-state index contributed by atoms with van der Waals surface area (Å²) in [6, 6.07) is 5.63. The topological polar surface area (TPSA) is 68.3 Å². The third kappa shape index (κ3) is 4.68. The molecule has 0 unspecified atom stereocenters. The van der Waals surface area contributed by atoms with Gasteiger partial charge in [-0.1, -0.05) is 11.6 Å². The van der Waals surface area contributed by atoms with E-state index in [1.807, 2.05) is 18.2 Å². The van der Waals surface area contributed by atoms with E-state index in [1.165, 1.54) is 0 Å². The Balaban J connectivity index is 1.84. The predicted octanol–water partition coefficient (Wildman–Crippen LogP) is 2.67. The molecule has 2 rings (SSSR count). The smallest absolute Gasteiger partial charge is 0.222 e. The second-order valence-corrected chi connectivity index (χ2v) is 4.62. The molecular formula is C14H17ClN4O2. The summed E-state index contributed by atoms with van der Waals surface area (Å²) in [5.41, 5.74) is 0.921. The molecule has 0 aliphatic rings. The molecule has 1 aromatic heterocycles. The summed E-state index contributed by atoms with van der Waals surface area (Å²) in [6.45, 7) is 1.36. The van der Waals surface area contributed by atoms with E-state index in [0.29, 0.717) is 24.1 Å². The zero-order valence-electron chi connectivity index (χ0n) is 11.9. The summed E-state index contributed by atoms with van der Waals surface area (Å²) in [4.78, 5) is 8.11. The molecule has 0 bridgehead atoms. The van der Waals surface area contributed by atoms with E-state index < -0.39 is 0 Å².